The van der Waals surface area contributed by atoms with Crippen molar-refractivity contribution in [2.75, 3.05) is 12.0 Å². The smallest absolute Gasteiger partial charge is 0.194 e. The van der Waals surface area contributed by atoms with Crippen molar-refractivity contribution in [2.24, 2.45) is 5.84 Å². The predicted octanol–water partition coefficient (Wildman–Crippen LogP) is 0.653. The molecule has 0 amide bonds. The second-order valence-electron chi connectivity index (χ2n) is 3.58. The zero-order chi connectivity index (χ0) is 13.2. The Kier molecular flexibility index (Phi) is 4.12. The fourth-order valence-electron chi connectivity index (χ4n) is 1.34. The standard InChI is InChI=1S/C9H11F3N2O2S/c1-17(15,16)4-7(14-13)5-2-3-6(10)9(12)8(5)11/h2-3,7,14H,4,13H2,1H3. The van der Waals surface area contributed by atoms with Gasteiger partial charge in [0.25, 0.3) is 0 Å². The first-order valence-electron chi connectivity index (χ1n) is 4.53. The maximum Gasteiger partial charge on any atom is 0.194 e. The van der Waals surface area contributed by atoms with E-state index in [-0.39, 0.29) is 5.56 Å². The van der Waals surface area contributed by atoms with Crippen molar-refractivity contribution in [3.8, 4) is 0 Å². The van der Waals surface area contributed by atoms with E-state index in [1.807, 2.05) is 0 Å². The molecule has 1 unspecified atom stereocenters. The first-order chi connectivity index (χ1) is 7.76. The number of halogens is 3. The van der Waals surface area contributed by atoms with Crippen LogP contribution in [0.2, 0.25) is 0 Å². The average Bonchev–Trinajstić information content (AvgIpc) is 2.22. The van der Waals surface area contributed by atoms with Crippen LogP contribution in [0.4, 0.5) is 13.2 Å². The van der Waals surface area contributed by atoms with Crippen LogP contribution in [-0.4, -0.2) is 20.4 Å². The summed E-state index contributed by atoms with van der Waals surface area (Å²) < 4.78 is 61.1. The number of benzene rings is 1. The second-order valence-corrected chi connectivity index (χ2v) is 5.76. The molecule has 0 heterocycles. The van der Waals surface area contributed by atoms with Gasteiger partial charge in [0.15, 0.2) is 17.5 Å². The lowest BCUT2D eigenvalue weighted by atomic mass is 10.1. The predicted molar refractivity (Wildman–Crippen MR) is 56.1 cm³/mol. The first kappa shape index (κ1) is 13.9. The van der Waals surface area contributed by atoms with Gasteiger partial charge in [-0.25, -0.2) is 21.6 Å². The van der Waals surface area contributed by atoms with Crippen LogP contribution in [0.15, 0.2) is 12.1 Å². The summed E-state index contributed by atoms with van der Waals surface area (Å²) in [5, 5.41) is 0. The Bertz CT molecular complexity index is 519. The maximum atomic E-state index is 13.4. The van der Waals surface area contributed by atoms with Gasteiger partial charge in [-0.1, -0.05) is 6.07 Å². The van der Waals surface area contributed by atoms with E-state index in [1.165, 1.54) is 0 Å². The number of sulfone groups is 1. The van der Waals surface area contributed by atoms with Gasteiger partial charge >= 0.3 is 0 Å². The quantitative estimate of drug-likeness (QED) is 0.478. The molecule has 0 fully saturated rings. The number of nitrogens with one attached hydrogen (secondary N) is 1. The molecule has 0 aliphatic rings. The minimum Gasteiger partial charge on any atom is -0.271 e. The third kappa shape index (κ3) is 3.42. The fraction of sp³-hybridized carbons (Fsp3) is 0.333. The highest BCUT2D eigenvalue weighted by molar-refractivity contribution is 7.90. The van der Waals surface area contributed by atoms with Crippen LogP contribution in [0, 0.1) is 17.5 Å². The van der Waals surface area contributed by atoms with Crippen molar-refractivity contribution in [3.63, 3.8) is 0 Å². The summed E-state index contributed by atoms with van der Waals surface area (Å²) in [5.74, 6) is 0.0996. The van der Waals surface area contributed by atoms with E-state index in [0.29, 0.717) is 6.07 Å². The van der Waals surface area contributed by atoms with Crippen molar-refractivity contribution in [1.29, 1.82) is 0 Å². The summed E-state index contributed by atoms with van der Waals surface area (Å²) in [6.45, 7) is 0. The van der Waals surface area contributed by atoms with Gasteiger partial charge in [-0.2, -0.15) is 0 Å². The third-order valence-electron chi connectivity index (χ3n) is 2.11. The van der Waals surface area contributed by atoms with Crippen molar-refractivity contribution < 1.29 is 21.6 Å². The van der Waals surface area contributed by atoms with Crippen LogP contribution in [0.5, 0.6) is 0 Å². The molecule has 0 radical (unpaired) electrons. The highest BCUT2D eigenvalue weighted by Gasteiger charge is 2.23. The molecule has 1 aromatic carbocycles. The summed E-state index contributed by atoms with van der Waals surface area (Å²) in [6.07, 6.45) is 0.926. The van der Waals surface area contributed by atoms with Gasteiger partial charge in [0.05, 0.1) is 11.8 Å². The molecule has 17 heavy (non-hydrogen) atoms. The highest BCUT2D eigenvalue weighted by atomic mass is 32.2. The number of hydrogen-bond donors (Lipinski definition) is 2. The summed E-state index contributed by atoms with van der Waals surface area (Å²) in [6, 6.07) is 0.518. The minimum absolute atomic E-state index is 0.336. The van der Waals surface area contributed by atoms with Crippen LogP contribution < -0.4 is 11.3 Å². The minimum atomic E-state index is -3.45. The normalized spacial score (nSPS) is 13.7. The summed E-state index contributed by atoms with van der Waals surface area (Å²) in [4.78, 5) is 0. The summed E-state index contributed by atoms with van der Waals surface area (Å²) in [7, 11) is -3.45. The molecule has 0 saturated carbocycles. The van der Waals surface area contributed by atoms with Crippen LogP contribution in [0.25, 0.3) is 0 Å². The van der Waals surface area contributed by atoms with Crippen LogP contribution in [-0.2, 0) is 9.84 Å². The monoisotopic (exact) mass is 268 g/mol. The van der Waals surface area contributed by atoms with E-state index in [2.05, 4.69) is 5.43 Å². The van der Waals surface area contributed by atoms with Gasteiger partial charge < -0.3 is 0 Å². The Morgan fingerprint density at radius 2 is 1.88 bits per heavy atom. The zero-order valence-electron chi connectivity index (χ0n) is 8.88. The molecule has 0 aliphatic heterocycles. The SMILES string of the molecule is CS(=O)(=O)CC(NN)c1ccc(F)c(F)c1F. The summed E-state index contributed by atoms with van der Waals surface area (Å²) >= 11 is 0. The van der Waals surface area contributed by atoms with Gasteiger partial charge in [-0.3, -0.25) is 11.3 Å². The molecule has 4 nitrogen and oxygen atoms in total. The van der Waals surface area contributed by atoms with E-state index < -0.39 is 39.1 Å². The Morgan fingerprint density at radius 1 is 1.29 bits per heavy atom. The van der Waals surface area contributed by atoms with Gasteiger partial charge in [0.2, 0.25) is 0 Å². The largest absolute Gasteiger partial charge is 0.271 e. The van der Waals surface area contributed by atoms with E-state index >= 15 is 0 Å². The van der Waals surface area contributed by atoms with Crippen LogP contribution in [0.3, 0.4) is 0 Å². The molecular weight excluding hydrogens is 257 g/mol. The molecule has 96 valence electrons. The first-order valence-corrected chi connectivity index (χ1v) is 6.59. The molecule has 1 rings (SSSR count). The second kappa shape index (κ2) is 5.03. The Labute approximate surface area is 96.5 Å². The maximum absolute atomic E-state index is 13.4. The number of hydrazine groups is 1. The lowest BCUT2D eigenvalue weighted by molar-refractivity contribution is 0.430. The fourth-order valence-corrected chi connectivity index (χ4v) is 2.22. The van der Waals surface area contributed by atoms with Gasteiger partial charge in [-0.15, -0.1) is 0 Å². The molecule has 0 aromatic heterocycles. The molecule has 0 aliphatic carbocycles. The molecule has 8 heteroatoms. The Hall–Kier alpha value is -1.12. The third-order valence-corrected chi connectivity index (χ3v) is 3.05. The number of rotatable bonds is 4. The van der Waals surface area contributed by atoms with E-state index in [9.17, 15) is 21.6 Å². The topological polar surface area (TPSA) is 72.2 Å². The van der Waals surface area contributed by atoms with E-state index in [1.54, 1.807) is 0 Å². The van der Waals surface area contributed by atoms with Crippen molar-refractivity contribution in [1.82, 2.24) is 5.43 Å². The molecule has 0 saturated heterocycles. The zero-order valence-corrected chi connectivity index (χ0v) is 9.69. The Balaban J connectivity index is 3.18. The van der Waals surface area contributed by atoms with E-state index in [0.717, 1.165) is 12.3 Å². The van der Waals surface area contributed by atoms with Crippen LogP contribution >= 0.6 is 0 Å². The van der Waals surface area contributed by atoms with E-state index in [4.69, 9.17) is 5.84 Å². The van der Waals surface area contributed by atoms with Gasteiger partial charge in [0, 0.05) is 11.8 Å². The van der Waals surface area contributed by atoms with Crippen molar-refractivity contribution >= 4 is 9.84 Å². The number of nitrogens with two attached hydrogens (primary N) is 1. The molecule has 1 atom stereocenters. The molecular formula is C9H11F3N2O2S. The molecule has 0 spiro atoms. The van der Waals surface area contributed by atoms with Crippen molar-refractivity contribution in [2.45, 2.75) is 6.04 Å². The average molecular weight is 268 g/mol. The van der Waals surface area contributed by atoms with Gasteiger partial charge in [-0.05, 0) is 6.07 Å². The highest BCUT2D eigenvalue weighted by Crippen LogP contribution is 2.22. The van der Waals surface area contributed by atoms with Crippen LogP contribution in [0.1, 0.15) is 11.6 Å². The summed E-state index contributed by atoms with van der Waals surface area (Å²) in [5.41, 5.74) is 1.72. The lowest BCUT2D eigenvalue weighted by Crippen LogP contribution is -2.33. The van der Waals surface area contributed by atoms with Gasteiger partial charge in [0.1, 0.15) is 9.84 Å². The Morgan fingerprint density at radius 3 is 2.35 bits per heavy atom. The van der Waals surface area contributed by atoms with Crippen molar-refractivity contribution in [3.05, 3.63) is 35.1 Å². The molecule has 3 N–H and O–H groups in total. The molecule has 0 bridgehead atoms. The molecule has 1 aromatic rings. The lowest BCUT2D eigenvalue weighted by Gasteiger charge is -2.16. The number of hydrogen-bond acceptors (Lipinski definition) is 4.